The van der Waals surface area contributed by atoms with Crippen LogP contribution >= 0.6 is 23.8 Å². The van der Waals surface area contributed by atoms with Crippen LogP contribution in [0.15, 0.2) is 18.2 Å². The van der Waals surface area contributed by atoms with E-state index in [1.807, 2.05) is 18.2 Å². The molecule has 0 fully saturated rings. The first-order chi connectivity index (χ1) is 6.74. The Morgan fingerprint density at radius 3 is 3.00 bits per heavy atom. The van der Waals surface area contributed by atoms with Crippen LogP contribution in [-0.2, 0) is 6.54 Å². The number of imidazole rings is 1. The fourth-order valence-electron chi connectivity index (χ4n) is 1.59. The highest BCUT2D eigenvalue weighted by molar-refractivity contribution is 7.71. The maximum Gasteiger partial charge on any atom is 0.178 e. The van der Waals surface area contributed by atoms with E-state index in [2.05, 4.69) is 16.5 Å². The summed E-state index contributed by atoms with van der Waals surface area (Å²) in [6.07, 6.45) is 1.06. The lowest BCUT2D eigenvalue weighted by atomic mass is 10.3. The van der Waals surface area contributed by atoms with Gasteiger partial charge in [-0.05, 0) is 30.8 Å². The Bertz CT molecular complexity index is 512. The lowest BCUT2D eigenvalue weighted by molar-refractivity contribution is 0.688. The SMILES string of the molecule is CCCn1c(=S)[nH]c2c(Cl)cccc21. The molecule has 0 atom stereocenters. The smallest absolute Gasteiger partial charge is 0.178 e. The van der Waals surface area contributed by atoms with Gasteiger partial charge in [-0.15, -0.1) is 0 Å². The van der Waals surface area contributed by atoms with Crippen molar-refractivity contribution in [2.75, 3.05) is 0 Å². The van der Waals surface area contributed by atoms with Crippen LogP contribution in [0.3, 0.4) is 0 Å². The topological polar surface area (TPSA) is 20.7 Å². The molecule has 0 bridgehead atoms. The van der Waals surface area contributed by atoms with Crippen molar-refractivity contribution in [2.45, 2.75) is 19.9 Å². The van der Waals surface area contributed by atoms with Crippen molar-refractivity contribution in [2.24, 2.45) is 0 Å². The molecule has 0 aliphatic carbocycles. The van der Waals surface area contributed by atoms with Crippen molar-refractivity contribution in [1.82, 2.24) is 9.55 Å². The average Bonchev–Trinajstić information content (AvgIpc) is 2.47. The molecule has 1 N–H and O–H groups in total. The molecule has 2 rings (SSSR count). The maximum atomic E-state index is 6.05. The number of rotatable bonds is 2. The van der Waals surface area contributed by atoms with Crippen LogP contribution < -0.4 is 0 Å². The fraction of sp³-hybridized carbons (Fsp3) is 0.300. The third-order valence-electron chi connectivity index (χ3n) is 2.21. The molecule has 2 aromatic rings. The van der Waals surface area contributed by atoms with Crippen LogP contribution in [0.4, 0.5) is 0 Å². The van der Waals surface area contributed by atoms with E-state index in [0.717, 1.165) is 33.8 Å². The lowest BCUT2D eigenvalue weighted by Gasteiger charge is -2.00. The number of nitrogens with zero attached hydrogens (tertiary/aromatic N) is 1. The number of benzene rings is 1. The Balaban J connectivity index is 2.77. The number of hydrogen-bond acceptors (Lipinski definition) is 1. The normalized spacial score (nSPS) is 11.0. The van der Waals surface area contributed by atoms with Crippen LogP contribution in [0.1, 0.15) is 13.3 Å². The van der Waals surface area contributed by atoms with Gasteiger partial charge in [0.05, 0.1) is 16.1 Å². The summed E-state index contributed by atoms with van der Waals surface area (Å²) >= 11 is 11.3. The van der Waals surface area contributed by atoms with E-state index in [4.69, 9.17) is 23.8 Å². The zero-order chi connectivity index (χ0) is 10.1. The molecule has 1 aromatic heterocycles. The summed E-state index contributed by atoms with van der Waals surface area (Å²) in [5.41, 5.74) is 2.02. The summed E-state index contributed by atoms with van der Waals surface area (Å²) < 4.78 is 2.83. The van der Waals surface area contributed by atoms with Crippen molar-refractivity contribution >= 4 is 34.9 Å². The molecule has 14 heavy (non-hydrogen) atoms. The molecule has 0 saturated carbocycles. The summed E-state index contributed by atoms with van der Waals surface area (Å²) in [4.78, 5) is 3.13. The van der Waals surface area contributed by atoms with Gasteiger partial charge in [-0.3, -0.25) is 0 Å². The largest absolute Gasteiger partial charge is 0.329 e. The van der Waals surface area contributed by atoms with E-state index >= 15 is 0 Å². The molecule has 0 unspecified atom stereocenters. The van der Waals surface area contributed by atoms with E-state index in [1.54, 1.807) is 0 Å². The number of para-hydroxylation sites is 1. The van der Waals surface area contributed by atoms with Gasteiger partial charge in [0.1, 0.15) is 0 Å². The molecular formula is C10H11ClN2S. The number of fused-ring (bicyclic) bond motifs is 1. The second kappa shape index (κ2) is 3.75. The van der Waals surface area contributed by atoms with Crippen molar-refractivity contribution in [3.8, 4) is 0 Å². The molecule has 74 valence electrons. The molecule has 0 aliphatic heterocycles. The predicted octanol–water partition coefficient (Wildman–Crippen LogP) is 3.76. The zero-order valence-electron chi connectivity index (χ0n) is 7.88. The average molecular weight is 227 g/mol. The minimum Gasteiger partial charge on any atom is -0.329 e. The van der Waals surface area contributed by atoms with E-state index in [9.17, 15) is 0 Å². The van der Waals surface area contributed by atoms with Gasteiger partial charge in [0.15, 0.2) is 4.77 Å². The molecule has 2 nitrogen and oxygen atoms in total. The standard InChI is InChI=1S/C10H11ClN2S/c1-2-6-13-8-5-3-4-7(11)9(8)12-10(13)14/h3-5H,2,6H2,1H3,(H,12,14). The predicted molar refractivity (Wildman–Crippen MR) is 62.4 cm³/mol. The van der Waals surface area contributed by atoms with E-state index < -0.39 is 0 Å². The van der Waals surface area contributed by atoms with Crippen LogP contribution in [0.25, 0.3) is 11.0 Å². The number of halogens is 1. The molecule has 4 heteroatoms. The molecule has 0 amide bonds. The van der Waals surface area contributed by atoms with Crippen molar-refractivity contribution in [3.63, 3.8) is 0 Å². The van der Waals surface area contributed by atoms with Gasteiger partial charge in [0.25, 0.3) is 0 Å². The van der Waals surface area contributed by atoms with Crippen LogP contribution in [0.5, 0.6) is 0 Å². The zero-order valence-corrected chi connectivity index (χ0v) is 9.45. The monoisotopic (exact) mass is 226 g/mol. The minimum atomic E-state index is 0.725. The van der Waals surface area contributed by atoms with Crippen LogP contribution in [-0.4, -0.2) is 9.55 Å². The second-order valence-corrected chi connectivity index (χ2v) is 4.01. The lowest BCUT2D eigenvalue weighted by Crippen LogP contribution is -1.95. The van der Waals surface area contributed by atoms with Crippen molar-refractivity contribution < 1.29 is 0 Å². The first-order valence-electron chi connectivity index (χ1n) is 4.61. The van der Waals surface area contributed by atoms with Gasteiger partial charge in [-0.2, -0.15) is 0 Å². The summed E-state index contributed by atoms with van der Waals surface area (Å²) in [6, 6.07) is 5.84. The first kappa shape index (κ1) is 9.74. The molecule has 0 saturated heterocycles. The Hall–Kier alpha value is -0.800. The molecule has 1 heterocycles. The first-order valence-corrected chi connectivity index (χ1v) is 5.39. The van der Waals surface area contributed by atoms with Gasteiger partial charge in [-0.1, -0.05) is 24.6 Å². The third-order valence-corrected chi connectivity index (χ3v) is 2.84. The summed E-state index contributed by atoms with van der Waals surface area (Å²) in [6.45, 7) is 3.06. The van der Waals surface area contributed by atoms with Crippen molar-refractivity contribution in [1.29, 1.82) is 0 Å². The Labute approximate surface area is 92.5 Å². The second-order valence-electron chi connectivity index (χ2n) is 3.22. The van der Waals surface area contributed by atoms with Gasteiger partial charge in [0, 0.05) is 6.54 Å². The Morgan fingerprint density at radius 2 is 2.29 bits per heavy atom. The summed E-state index contributed by atoms with van der Waals surface area (Å²) in [7, 11) is 0. The van der Waals surface area contributed by atoms with E-state index in [0.29, 0.717) is 0 Å². The van der Waals surface area contributed by atoms with Crippen LogP contribution in [0, 0.1) is 4.77 Å². The number of aromatic amines is 1. The van der Waals surface area contributed by atoms with Gasteiger partial charge >= 0.3 is 0 Å². The molecule has 1 aromatic carbocycles. The summed E-state index contributed by atoms with van der Waals surface area (Å²) in [5.74, 6) is 0. The highest BCUT2D eigenvalue weighted by atomic mass is 35.5. The molecule has 0 spiro atoms. The summed E-state index contributed by atoms with van der Waals surface area (Å²) in [5, 5.41) is 0.725. The van der Waals surface area contributed by atoms with Gasteiger partial charge in [0.2, 0.25) is 0 Å². The van der Waals surface area contributed by atoms with Gasteiger partial charge < -0.3 is 9.55 Å². The molecule has 0 radical (unpaired) electrons. The number of nitrogens with one attached hydrogen (secondary N) is 1. The number of hydrogen-bond donors (Lipinski definition) is 1. The minimum absolute atomic E-state index is 0.725. The fourth-order valence-corrected chi connectivity index (χ4v) is 2.10. The van der Waals surface area contributed by atoms with Crippen LogP contribution in [0.2, 0.25) is 5.02 Å². The Kier molecular flexibility index (Phi) is 2.61. The van der Waals surface area contributed by atoms with E-state index in [-0.39, 0.29) is 0 Å². The number of aromatic nitrogens is 2. The number of aryl methyl sites for hydroxylation is 1. The molecular weight excluding hydrogens is 216 g/mol. The van der Waals surface area contributed by atoms with Gasteiger partial charge in [-0.25, -0.2) is 0 Å². The number of H-pyrrole nitrogens is 1. The third kappa shape index (κ3) is 1.47. The quantitative estimate of drug-likeness (QED) is 0.774. The molecule has 0 aliphatic rings. The van der Waals surface area contributed by atoms with Crippen molar-refractivity contribution in [3.05, 3.63) is 28.0 Å². The Morgan fingerprint density at radius 1 is 1.50 bits per heavy atom. The highest BCUT2D eigenvalue weighted by Gasteiger charge is 2.05. The highest BCUT2D eigenvalue weighted by Crippen LogP contribution is 2.22. The maximum absolute atomic E-state index is 6.05. The van der Waals surface area contributed by atoms with E-state index in [1.165, 1.54) is 0 Å².